The number of benzene rings is 1. The number of rotatable bonds is 3. The fourth-order valence-corrected chi connectivity index (χ4v) is 3.06. The molecule has 1 amide bonds. The molecular formula is C17H19FN4O2. The third-order valence-corrected chi connectivity index (χ3v) is 4.14. The zero-order valence-corrected chi connectivity index (χ0v) is 13.8. The lowest BCUT2D eigenvalue weighted by molar-refractivity contribution is -0.137. The van der Waals surface area contributed by atoms with Gasteiger partial charge in [-0.3, -0.25) is 14.5 Å². The van der Waals surface area contributed by atoms with E-state index in [1.54, 1.807) is 43.0 Å². The van der Waals surface area contributed by atoms with Gasteiger partial charge in [-0.05, 0) is 38.7 Å². The second-order valence-corrected chi connectivity index (χ2v) is 6.19. The minimum atomic E-state index is -0.616. The van der Waals surface area contributed by atoms with Crippen LogP contribution in [0.15, 0.2) is 29.1 Å². The Balaban J connectivity index is 1.90. The average Bonchev–Trinajstić information content (AvgIpc) is 2.91. The van der Waals surface area contributed by atoms with Gasteiger partial charge in [-0.2, -0.15) is 0 Å². The molecule has 0 saturated carbocycles. The van der Waals surface area contributed by atoms with Crippen LogP contribution in [0, 0.1) is 12.7 Å². The van der Waals surface area contributed by atoms with Crippen LogP contribution in [-0.4, -0.2) is 39.8 Å². The van der Waals surface area contributed by atoms with Gasteiger partial charge in [0.2, 0.25) is 5.91 Å². The highest BCUT2D eigenvalue weighted by atomic mass is 19.1. The summed E-state index contributed by atoms with van der Waals surface area (Å²) in [5, 5.41) is 0. The average molecular weight is 330 g/mol. The maximum atomic E-state index is 13.5. The van der Waals surface area contributed by atoms with Gasteiger partial charge in [0, 0.05) is 0 Å². The van der Waals surface area contributed by atoms with Gasteiger partial charge in [-0.1, -0.05) is 12.1 Å². The van der Waals surface area contributed by atoms with Crippen molar-refractivity contribution < 1.29 is 9.18 Å². The van der Waals surface area contributed by atoms with Crippen molar-refractivity contribution in [2.75, 3.05) is 14.1 Å². The highest BCUT2D eigenvalue weighted by Crippen LogP contribution is 2.26. The van der Waals surface area contributed by atoms with Gasteiger partial charge in [0.15, 0.2) is 0 Å². The van der Waals surface area contributed by atoms with E-state index in [9.17, 15) is 14.0 Å². The summed E-state index contributed by atoms with van der Waals surface area (Å²) in [5.41, 5.74) is 1.52. The van der Waals surface area contributed by atoms with Gasteiger partial charge in [0.1, 0.15) is 17.7 Å². The lowest BCUT2D eigenvalue weighted by Crippen LogP contribution is -2.38. The van der Waals surface area contributed by atoms with Crippen molar-refractivity contribution in [3.63, 3.8) is 0 Å². The van der Waals surface area contributed by atoms with Crippen molar-refractivity contribution in [3.05, 3.63) is 63.1 Å². The molecule has 2 aromatic rings. The van der Waals surface area contributed by atoms with Crippen LogP contribution in [0.25, 0.3) is 0 Å². The predicted octanol–water partition coefficient (Wildman–Crippen LogP) is 1.36. The first-order valence-corrected chi connectivity index (χ1v) is 7.66. The van der Waals surface area contributed by atoms with Gasteiger partial charge in [-0.15, -0.1) is 0 Å². The first-order valence-electron chi connectivity index (χ1n) is 7.66. The molecule has 0 spiro atoms. The summed E-state index contributed by atoms with van der Waals surface area (Å²) in [4.78, 5) is 35.3. The number of H-pyrrole nitrogens is 1. The first-order chi connectivity index (χ1) is 11.4. The molecule has 0 fully saturated rings. The molecule has 1 aliphatic heterocycles. The monoisotopic (exact) mass is 330 g/mol. The number of nitrogens with zero attached hydrogens (tertiary/aromatic N) is 3. The Hall–Kier alpha value is -2.54. The Labute approximate surface area is 138 Å². The minimum absolute atomic E-state index is 0.180. The van der Waals surface area contributed by atoms with Crippen LogP contribution in [0.4, 0.5) is 4.39 Å². The Kier molecular flexibility index (Phi) is 4.19. The molecule has 6 nitrogen and oxygen atoms in total. The van der Waals surface area contributed by atoms with E-state index in [-0.39, 0.29) is 23.8 Å². The molecule has 1 atom stereocenters. The predicted molar refractivity (Wildman–Crippen MR) is 86.7 cm³/mol. The number of amides is 1. The molecular weight excluding hydrogens is 311 g/mol. The molecule has 1 aromatic carbocycles. The Morgan fingerprint density at radius 2 is 2.12 bits per heavy atom. The molecule has 24 heavy (non-hydrogen) atoms. The van der Waals surface area contributed by atoms with E-state index in [0.29, 0.717) is 29.2 Å². The summed E-state index contributed by atoms with van der Waals surface area (Å²) >= 11 is 0. The number of likely N-dealkylation sites (N-methyl/N-ethyl adjacent to an activating group) is 1. The summed E-state index contributed by atoms with van der Waals surface area (Å²) in [7, 11) is 3.54. The van der Waals surface area contributed by atoms with Crippen molar-refractivity contribution >= 4 is 5.91 Å². The molecule has 2 heterocycles. The molecule has 0 saturated heterocycles. The molecule has 0 radical (unpaired) electrons. The number of aryl methyl sites for hydroxylation is 1. The molecule has 0 aliphatic carbocycles. The zero-order chi connectivity index (χ0) is 17.4. The first kappa shape index (κ1) is 16.3. The summed E-state index contributed by atoms with van der Waals surface area (Å²) in [6, 6.07) is 5.40. The number of hydrogen-bond acceptors (Lipinski definition) is 4. The van der Waals surface area contributed by atoms with E-state index < -0.39 is 6.04 Å². The topological polar surface area (TPSA) is 69.3 Å². The van der Waals surface area contributed by atoms with Crippen LogP contribution < -0.4 is 5.56 Å². The number of aromatic nitrogens is 2. The minimum Gasteiger partial charge on any atom is -0.331 e. The fraction of sp³-hybridized carbons (Fsp3) is 0.353. The summed E-state index contributed by atoms with van der Waals surface area (Å²) in [6.45, 7) is 2.22. The summed E-state index contributed by atoms with van der Waals surface area (Å²) in [5.74, 6) is -0.0337. The number of carbonyl (C=O) groups excluding carboxylic acids is 1. The van der Waals surface area contributed by atoms with Gasteiger partial charge >= 0.3 is 0 Å². The van der Waals surface area contributed by atoms with Crippen LogP contribution >= 0.6 is 0 Å². The maximum Gasteiger partial charge on any atom is 0.256 e. The number of nitrogens with one attached hydrogen (secondary N) is 1. The van der Waals surface area contributed by atoms with Crippen molar-refractivity contribution in [3.8, 4) is 0 Å². The van der Waals surface area contributed by atoms with E-state index in [2.05, 4.69) is 9.97 Å². The Morgan fingerprint density at radius 3 is 2.79 bits per heavy atom. The zero-order valence-electron chi connectivity index (χ0n) is 13.8. The van der Waals surface area contributed by atoms with Crippen LogP contribution in [0.1, 0.15) is 28.7 Å². The van der Waals surface area contributed by atoms with Gasteiger partial charge < -0.3 is 9.88 Å². The normalized spacial score (nSPS) is 14.8. The largest absolute Gasteiger partial charge is 0.331 e. The highest BCUT2D eigenvalue weighted by Gasteiger charge is 2.33. The van der Waals surface area contributed by atoms with E-state index in [1.807, 2.05) is 0 Å². The standard InChI is InChI=1S/C17H19FN4O2/c1-10-19-14-9-22(8-13(14)16(23)20-10)17(24)15(21(2)3)11-5-4-6-12(18)7-11/h4-7,15H,8-9H2,1-3H3,(H,19,20,23)/t15-/m1/s1. The molecule has 1 N–H and O–H groups in total. The number of fused-ring (bicyclic) bond motifs is 1. The van der Waals surface area contributed by atoms with Crippen LogP contribution in [0.3, 0.4) is 0 Å². The van der Waals surface area contributed by atoms with Crippen LogP contribution in [0.5, 0.6) is 0 Å². The molecule has 0 unspecified atom stereocenters. The quantitative estimate of drug-likeness (QED) is 0.923. The van der Waals surface area contributed by atoms with E-state index >= 15 is 0 Å². The molecule has 3 rings (SSSR count). The van der Waals surface area contributed by atoms with Crippen LogP contribution in [-0.2, 0) is 17.9 Å². The van der Waals surface area contributed by atoms with Crippen molar-refractivity contribution in [2.45, 2.75) is 26.1 Å². The van der Waals surface area contributed by atoms with Gasteiger partial charge in [0.25, 0.3) is 5.56 Å². The fourth-order valence-electron chi connectivity index (χ4n) is 3.06. The van der Waals surface area contributed by atoms with Gasteiger partial charge in [0.05, 0.1) is 24.3 Å². The molecule has 7 heteroatoms. The van der Waals surface area contributed by atoms with E-state index in [0.717, 1.165) is 0 Å². The van der Waals surface area contributed by atoms with Gasteiger partial charge in [-0.25, -0.2) is 9.37 Å². The second kappa shape index (κ2) is 6.16. The number of aromatic amines is 1. The van der Waals surface area contributed by atoms with Crippen LogP contribution in [0.2, 0.25) is 0 Å². The van der Waals surface area contributed by atoms with Crippen molar-refractivity contribution in [1.29, 1.82) is 0 Å². The number of hydrogen-bond donors (Lipinski definition) is 1. The van der Waals surface area contributed by atoms with Crippen molar-refractivity contribution in [2.24, 2.45) is 0 Å². The lowest BCUT2D eigenvalue weighted by Gasteiger charge is -2.28. The molecule has 1 aromatic heterocycles. The smallest absolute Gasteiger partial charge is 0.256 e. The lowest BCUT2D eigenvalue weighted by atomic mass is 10.0. The number of halogens is 1. The maximum absolute atomic E-state index is 13.5. The summed E-state index contributed by atoms with van der Waals surface area (Å²) < 4.78 is 13.5. The Morgan fingerprint density at radius 1 is 1.38 bits per heavy atom. The summed E-state index contributed by atoms with van der Waals surface area (Å²) in [6.07, 6.45) is 0. The van der Waals surface area contributed by atoms with Crippen molar-refractivity contribution in [1.82, 2.24) is 19.8 Å². The van der Waals surface area contributed by atoms with E-state index in [1.165, 1.54) is 12.1 Å². The SMILES string of the molecule is Cc1nc2c(c(=O)[nH]1)CN(C(=O)[C@@H](c1cccc(F)c1)N(C)C)C2. The highest BCUT2D eigenvalue weighted by molar-refractivity contribution is 5.83. The molecule has 0 bridgehead atoms. The number of carbonyl (C=O) groups is 1. The van der Waals surface area contributed by atoms with E-state index in [4.69, 9.17) is 0 Å². The molecule has 126 valence electrons. The third kappa shape index (κ3) is 2.94. The third-order valence-electron chi connectivity index (χ3n) is 4.14. The molecule has 1 aliphatic rings. The second-order valence-electron chi connectivity index (χ2n) is 6.19. The Bertz CT molecular complexity index is 847.